The number of benzene rings is 3. The van der Waals surface area contributed by atoms with Crippen molar-refractivity contribution in [1.82, 2.24) is 4.90 Å². The lowest BCUT2D eigenvalue weighted by Crippen LogP contribution is -2.48. The van der Waals surface area contributed by atoms with Crippen LogP contribution in [-0.4, -0.2) is 31.1 Å². The molecule has 1 saturated heterocycles. The largest absolute Gasteiger partial charge is 0.399 e. The molecule has 1 atom stereocenters. The lowest BCUT2D eigenvalue weighted by Gasteiger charge is -2.41. The van der Waals surface area contributed by atoms with Gasteiger partial charge in [0, 0.05) is 36.9 Å². The van der Waals surface area contributed by atoms with Crippen molar-refractivity contribution in [3.8, 4) is 6.07 Å². The number of rotatable bonds is 4. The molecular formula is C24H23ClN4. The molecule has 4 rings (SSSR count). The molecule has 4 nitrogen and oxygen atoms in total. The van der Waals surface area contributed by atoms with Crippen molar-refractivity contribution in [2.45, 2.75) is 6.04 Å². The van der Waals surface area contributed by atoms with E-state index in [4.69, 9.17) is 17.3 Å². The van der Waals surface area contributed by atoms with Crippen molar-refractivity contribution in [2.24, 2.45) is 0 Å². The summed E-state index contributed by atoms with van der Waals surface area (Å²) in [7, 11) is 0. The Morgan fingerprint density at radius 2 is 1.52 bits per heavy atom. The van der Waals surface area contributed by atoms with Crippen LogP contribution >= 0.6 is 11.6 Å². The zero-order valence-corrected chi connectivity index (χ0v) is 16.9. The molecule has 0 spiro atoms. The van der Waals surface area contributed by atoms with Gasteiger partial charge in [-0.05, 0) is 41.5 Å². The van der Waals surface area contributed by atoms with Gasteiger partial charge < -0.3 is 10.6 Å². The molecule has 146 valence electrons. The summed E-state index contributed by atoms with van der Waals surface area (Å²) in [4.78, 5) is 4.77. The number of hydrogen-bond donors (Lipinski definition) is 1. The van der Waals surface area contributed by atoms with Gasteiger partial charge in [0.1, 0.15) is 6.07 Å². The van der Waals surface area contributed by atoms with E-state index in [2.05, 4.69) is 52.3 Å². The van der Waals surface area contributed by atoms with Crippen LogP contribution in [-0.2, 0) is 0 Å². The third kappa shape index (κ3) is 4.22. The van der Waals surface area contributed by atoms with Gasteiger partial charge in [-0.15, -0.1) is 0 Å². The second-order valence-corrected chi connectivity index (χ2v) is 7.71. The van der Waals surface area contributed by atoms with Crippen molar-refractivity contribution in [3.05, 3.63) is 94.5 Å². The van der Waals surface area contributed by atoms with Crippen LogP contribution in [0.15, 0.2) is 72.8 Å². The van der Waals surface area contributed by atoms with Gasteiger partial charge in [-0.3, -0.25) is 4.90 Å². The minimum atomic E-state index is 0.178. The Morgan fingerprint density at radius 1 is 0.862 bits per heavy atom. The van der Waals surface area contributed by atoms with Gasteiger partial charge in [0.2, 0.25) is 0 Å². The first-order valence-corrected chi connectivity index (χ1v) is 10.1. The van der Waals surface area contributed by atoms with Crippen LogP contribution in [0, 0.1) is 11.3 Å². The maximum atomic E-state index is 9.48. The first kappa shape index (κ1) is 19.3. The molecule has 1 aliphatic rings. The van der Waals surface area contributed by atoms with E-state index in [1.165, 1.54) is 11.1 Å². The summed E-state index contributed by atoms with van der Waals surface area (Å²) in [5.41, 5.74) is 10.6. The van der Waals surface area contributed by atoms with E-state index in [-0.39, 0.29) is 6.04 Å². The number of nitrogens with zero attached hydrogens (tertiary/aromatic N) is 3. The first-order valence-electron chi connectivity index (χ1n) is 9.75. The number of anilines is 2. The van der Waals surface area contributed by atoms with Crippen molar-refractivity contribution < 1.29 is 0 Å². The van der Waals surface area contributed by atoms with Crippen molar-refractivity contribution in [1.29, 1.82) is 5.26 Å². The highest BCUT2D eigenvalue weighted by Crippen LogP contribution is 2.32. The molecule has 0 amide bonds. The van der Waals surface area contributed by atoms with Gasteiger partial charge >= 0.3 is 0 Å². The first-order chi connectivity index (χ1) is 14.2. The van der Waals surface area contributed by atoms with Crippen molar-refractivity contribution in [2.75, 3.05) is 36.8 Å². The van der Waals surface area contributed by atoms with Crippen LogP contribution in [0.5, 0.6) is 0 Å². The Kier molecular flexibility index (Phi) is 5.71. The molecule has 0 aromatic heterocycles. The summed E-state index contributed by atoms with van der Waals surface area (Å²) in [6, 6.07) is 26.7. The second kappa shape index (κ2) is 8.57. The lowest BCUT2D eigenvalue weighted by molar-refractivity contribution is 0.212. The number of hydrogen-bond acceptors (Lipinski definition) is 4. The van der Waals surface area contributed by atoms with Crippen LogP contribution in [0.25, 0.3) is 0 Å². The summed E-state index contributed by atoms with van der Waals surface area (Å²) >= 11 is 6.12. The monoisotopic (exact) mass is 402 g/mol. The van der Waals surface area contributed by atoms with E-state index in [9.17, 15) is 5.26 Å². The van der Waals surface area contributed by atoms with Crippen molar-refractivity contribution >= 4 is 23.0 Å². The lowest BCUT2D eigenvalue weighted by atomic mass is 9.96. The Balaban J connectivity index is 1.57. The topological polar surface area (TPSA) is 56.3 Å². The molecule has 3 aromatic rings. The summed E-state index contributed by atoms with van der Waals surface area (Å²) in [5, 5.41) is 10.2. The fourth-order valence-corrected chi connectivity index (χ4v) is 4.16. The van der Waals surface area contributed by atoms with Gasteiger partial charge in [-0.25, -0.2) is 0 Å². The zero-order chi connectivity index (χ0) is 20.2. The molecule has 0 saturated carbocycles. The Bertz CT molecular complexity index is 1000. The molecule has 0 bridgehead atoms. The second-order valence-electron chi connectivity index (χ2n) is 7.28. The van der Waals surface area contributed by atoms with E-state index in [0.29, 0.717) is 11.3 Å². The smallest absolute Gasteiger partial charge is 0.101 e. The van der Waals surface area contributed by atoms with E-state index in [0.717, 1.165) is 36.9 Å². The number of nitrogens with two attached hydrogens (primary N) is 1. The normalized spacial score (nSPS) is 15.7. The summed E-state index contributed by atoms with van der Waals surface area (Å²) < 4.78 is 0. The standard InChI is InChI=1S/C24H23ClN4/c25-21-8-6-19(7-9-21)24(18-4-2-1-3-5-18)29-14-12-28(13-15-29)23-11-10-22(27)16-20(23)17-26/h1-11,16,24H,12-15,27H2. The van der Waals surface area contributed by atoms with E-state index in [1.807, 2.05) is 30.3 Å². The Labute approximate surface area is 176 Å². The minimum absolute atomic E-state index is 0.178. The molecule has 1 aliphatic heterocycles. The fourth-order valence-electron chi connectivity index (χ4n) is 4.03. The number of nitrogen functional groups attached to an aromatic ring is 1. The van der Waals surface area contributed by atoms with Crippen LogP contribution in [0.2, 0.25) is 5.02 Å². The molecule has 1 unspecified atom stereocenters. The Morgan fingerprint density at radius 3 is 2.17 bits per heavy atom. The molecular weight excluding hydrogens is 380 g/mol. The molecule has 1 heterocycles. The summed E-state index contributed by atoms with van der Waals surface area (Å²) in [6.07, 6.45) is 0. The molecule has 0 aliphatic carbocycles. The highest BCUT2D eigenvalue weighted by Gasteiger charge is 2.27. The molecule has 1 fully saturated rings. The molecule has 0 radical (unpaired) electrons. The zero-order valence-electron chi connectivity index (χ0n) is 16.1. The number of halogens is 1. The van der Waals surface area contributed by atoms with E-state index < -0.39 is 0 Å². The summed E-state index contributed by atoms with van der Waals surface area (Å²) in [6.45, 7) is 3.51. The van der Waals surface area contributed by atoms with Gasteiger partial charge in [0.05, 0.1) is 17.3 Å². The molecule has 29 heavy (non-hydrogen) atoms. The molecule has 3 aromatic carbocycles. The minimum Gasteiger partial charge on any atom is -0.399 e. The van der Waals surface area contributed by atoms with Gasteiger partial charge in [0.25, 0.3) is 0 Å². The maximum absolute atomic E-state index is 9.48. The highest BCUT2D eigenvalue weighted by molar-refractivity contribution is 6.30. The van der Waals surface area contributed by atoms with E-state index >= 15 is 0 Å². The Hall–Kier alpha value is -3.00. The van der Waals surface area contributed by atoms with E-state index in [1.54, 1.807) is 6.07 Å². The quantitative estimate of drug-likeness (QED) is 0.642. The van der Waals surface area contributed by atoms with Crippen molar-refractivity contribution in [3.63, 3.8) is 0 Å². The van der Waals surface area contributed by atoms with Crippen LogP contribution in [0.4, 0.5) is 11.4 Å². The third-order valence-corrected chi connectivity index (χ3v) is 5.71. The average Bonchev–Trinajstić information content (AvgIpc) is 2.76. The summed E-state index contributed by atoms with van der Waals surface area (Å²) in [5.74, 6) is 0. The maximum Gasteiger partial charge on any atom is 0.101 e. The van der Waals surface area contributed by atoms with Crippen LogP contribution in [0.1, 0.15) is 22.7 Å². The predicted octanol–water partition coefficient (Wildman–Crippen LogP) is 4.71. The third-order valence-electron chi connectivity index (χ3n) is 5.46. The fraction of sp³-hybridized carbons (Fsp3) is 0.208. The SMILES string of the molecule is N#Cc1cc(N)ccc1N1CCN(C(c2ccccc2)c2ccc(Cl)cc2)CC1. The van der Waals surface area contributed by atoms with Gasteiger partial charge in [-0.2, -0.15) is 5.26 Å². The predicted molar refractivity (Wildman–Crippen MR) is 119 cm³/mol. The van der Waals surface area contributed by atoms with Gasteiger partial charge in [-0.1, -0.05) is 54.1 Å². The number of piperazine rings is 1. The van der Waals surface area contributed by atoms with Crippen LogP contribution < -0.4 is 10.6 Å². The van der Waals surface area contributed by atoms with Crippen LogP contribution in [0.3, 0.4) is 0 Å². The molecule has 5 heteroatoms. The van der Waals surface area contributed by atoms with Gasteiger partial charge in [0.15, 0.2) is 0 Å². The average molecular weight is 403 g/mol. The highest BCUT2D eigenvalue weighted by atomic mass is 35.5. The number of nitriles is 1. The molecule has 2 N–H and O–H groups in total.